The van der Waals surface area contributed by atoms with Crippen molar-refractivity contribution in [2.24, 2.45) is 5.41 Å². The molecule has 2 bridgehead atoms. The molecule has 0 spiro atoms. The standard InChI is InChI=1S/C26H31N/c1-2-3-4-5-6-7-16-25-18-26(19-25,20-25)24-14-12-23(13-15-24)22-10-8-21(17-27)9-11-22/h8-15H,2-7,16,18-20H2,1H3. The Balaban J connectivity index is 1.28. The lowest BCUT2D eigenvalue weighted by atomic mass is 9.32. The SMILES string of the molecule is CCCCCCCCC12CC(c3ccc(-c4ccc(C#N)cc4)cc3)(C1)C2. The molecular formula is C26H31N. The van der Waals surface area contributed by atoms with Gasteiger partial charge in [-0.05, 0) is 65.3 Å². The number of hydrogen-bond acceptors (Lipinski definition) is 1. The van der Waals surface area contributed by atoms with E-state index >= 15 is 0 Å². The molecule has 3 saturated carbocycles. The van der Waals surface area contributed by atoms with Gasteiger partial charge in [-0.25, -0.2) is 0 Å². The van der Waals surface area contributed by atoms with Crippen molar-refractivity contribution in [2.45, 2.75) is 76.5 Å². The molecule has 1 heteroatoms. The van der Waals surface area contributed by atoms with Gasteiger partial charge in [0.25, 0.3) is 0 Å². The molecule has 140 valence electrons. The highest BCUT2D eigenvalue weighted by Crippen LogP contribution is 2.75. The normalized spacial score (nSPS) is 25.3. The van der Waals surface area contributed by atoms with E-state index in [0.29, 0.717) is 10.8 Å². The Kier molecular flexibility index (Phi) is 5.09. The topological polar surface area (TPSA) is 23.8 Å². The highest BCUT2D eigenvalue weighted by molar-refractivity contribution is 5.65. The van der Waals surface area contributed by atoms with Crippen molar-refractivity contribution in [1.82, 2.24) is 0 Å². The fourth-order valence-electron chi connectivity index (χ4n) is 5.60. The number of rotatable bonds is 9. The predicted octanol–water partition coefficient (Wildman–Crippen LogP) is 7.40. The first-order valence-corrected chi connectivity index (χ1v) is 10.8. The molecule has 5 rings (SSSR count). The van der Waals surface area contributed by atoms with Crippen molar-refractivity contribution in [2.75, 3.05) is 0 Å². The minimum Gasteiger partial charge on any atom is -0.192 e. The van der Waals surface area contributed by atoms with E-state index in [1.54, 1.807) is 5.56 Å². The van der Waals surface area contributed by atoms with Gasteiger partial charge in [0, 0.05) is 0 Å². The van der Waals surface area contributed by atoms with E-state index < -0.39 is 0 Å². The van der Waals surface area contributed by atoms with Crippen LogP contribution in [-0.4, -0.2) is 0 Å². The molecule has 0 saturated heterocycles. The molecule has 27 heavy (non-hydrogen) atoms. The highest BCUT2D eigenvalue weighted by Gasteiger charge is 2.67. The average molecular weight is 358 g/mol. The van der Waals surface area contributed by atoms with Gasteiger partial charge in [0.2, 0.25) is 0 Å². The monoisotopic (exact) mass is 357 g/mol. The molecule has 2 aromatic carbocycles. The fourth-order valence-corrected chi connectivity index (χ4v) is 5.60. The molecule has 0 N–H and O–H groups in total. The summed E-state index contributed by atoms with van der Waals surface area (Å²) in [5.74, 6) is 0. The van der Waals surface area contributed by atoms with Crippen LogP contribution in [0.4, 0.5) is 0 Å². The third-order valence-corrected chi connectivity index (χ3v) is 7.05. The van der Waals surface area contributed by atoms with Crippen LogP contribution in [0, 0.1) is 16.7 Å². The first kappa shape index (κ1) is 18.3. The largest absolute Gasteiger partial charge is 0.192 e. The molecule has 0 aliphatic heterocycles. The zero-order chi connectivity index (χ0) is 18.7. The van der Waals surface area contributed by atoms with E-state index in [-0.39, 0.29) is 0 Å². The first-order chi connectivity index (χ1) is 13.2. The predicted molar refractivity (Wildman–Crippen MR) is 113 cm³/mol. The average Bonchev–Trinajstić information content (AvgIpc) is 2.65. The Morgan fingerprint density at radius 2 is 1.33 bits per heavy atom. The van der Waals surface area contributed by atoms with Crippen molar-refractivity contribution in [3.05, 3.63) is 59.7 Å². The molecule has 0 radical (unpaired) electrons. The van der Waals surface area contributed by atoms with Gasteiger partial charge in [0.1, 0.15) is 0 Å². The van der Waals surface area contributed by atoms with Gasteiger partial charge in [-0.15, -0.1) is 0 Å². The van der Waals surface area contributed by atoms with Crippen LogP contribution in [-0.2, 0) is 5.41 Å². The molecular weight excluding hydrogens is 326 g/mol. The third-order valence-electron chi connectivity index (χ3n) is 7.05. The van der Waals surface area contributed by atoms with E-state index in [1.165, 1.54) is 75.3 Å². The van der Waals surface area contributed by atoms with Gasteiger partial charge in [-0.1, -0.05) is 81.8 Å². The Labute approximate surface area is 164 Å². The summed E-state index contributed by atoms with van der Waals surface area (Å²) in [5.41, 5.74) is 5.92. The molecule has 2 aromatic rings. The molecule has 3 aliphatic rings. The second-order valence-corrected chi connectivity index (χ2v) is 9.09. The summed E-state index contributed by atoms with van der Waals surface area (Å²) in [6, 6.07) is 19.3. The molecule has 0 unspecified atom stereocenters. The fraction of sp³-hybridized carbons (Fsp3) is 0.500. The lowest BCUT2D eigenvalue weighted by molar-refractivity contribution is -0.147. The molecule has 3 aliphatic carbocycles. The Morgan fingerprint density at radius 3 is 1.93 bits per heavy atom. The van der Waals surface area contributed by atoms with Gasteiger partial charge in [-0.3, -0.25) is 0 Å². The summed E-state index contributed by atoms with van der Waals surface area (Å²) in [6.45, 7) is 2.29. The summed E-state index contributed by atoms with van der Waals surface area (Å²) in [4.78, 5) is 0. The van der Waals surface area contributed by atoms with Crippen LogP contribution in [0.5, 0.6) is 0 Å². The molecule has 3 fully saturated rings. The van der Waals surface area contributed by atoms with Gasteiger partial charge >= 0.3 is 0 Å². The summed E-state index contributed by atoms with van der Waals surface area (Å²) in [6.07, 6.45) is 14.2. The third kappa shape index (κ3) is 3.55. The maximum Gasteiger partial charge on any atom is 0.0991 e. The summed E-state index contributed by atoms with van der Waals surface area (Å²) in [7, 11) is 0. The number of benzene rings is 2. The highest BCUT2D eigenvalue weighted by atomic mass is 14.7. The van der Waals surface area contributed by atoms with Crippen LogP contribution in [0.3, 0.4) is 0 Å². The molecule has 0 atom stereocenters. The minimum absolute atomic E-state index is 0.505. The van der Waals surface area contributed by atoms with Gasteiger partial charge < -0.3 is 0 Å². The van der Waals surface area contributed by atoms with Crippen LogP contribution in [0.1, 0.15) is 82.3 Å². The van der Waals surface area contributed by atoms with E-state index in [0.717, 1.165) is 5.56 Å². The first-order valence-electron chi connectivity index (χ1n) is 10.8. The van der Waals surface area contributed by atoms with Crippen LogP contribution in [0.15, 0.2) is 48.5 Å². The smallest absolute Gasteiger partial charge is 0.0991 e. The number of nitrogens with zero attached hydrogens (tertiary/aromatic N) is 1. The van der Waals surface area contributed by atoms with Crippen LogP contribution < -0.4 is 0 Å². The Bertz CT molecular complexity index is 787. The van der Waals surface area contributed by atoms with Crippen molar-refractivity contribution < 1.29 is 0 Å². The summed E-state index contributed by atoms with van der Waals surface area (Å²) < 4.78 is 0. The molecule has 0 aromatic heterocycles. The van der Waals surface area contributed by atoms with E-state index in [9.17, 15) is 0 Å². The maximum absolute atomic E-state index is 8.94. The van der Waals surface area contributed by atoms with Crippen LogP contribution in [0.2, 0.25) is 0 Å². The van der Waals surface area contributed by atoms with Crippen molar-refractivity contribution in [3.63, 3.8) is 0 Å². The van der Waals surface area contributed by atoms with Crippen LogP contribution in [0.25, 0.3) is 11.1 Å². The van der Waals surface area contributed by atoms with E-state index in [1.807, 2.05) is 24.3 Å². The second-order valence-electron chi connectivity index (χ2n) is 9.09. The Hall–Kier alpha value is -2.07. The van der Waals surface area contributed by atoms with Crippen molar-refractivity contribution in [1.29, 1.82) is 5.26 Å². The quantitative estimate of drug-likeness (QED) is 0.429. The van der Waals surface area contributed by atoms with Crippen LogP contribution >= 0.6 is 0 Å². The summed E-state index contributed by atoms with van der Waals surface area (Å²) in [5, 5.41) is 8.94. The zero-order valence-corrected chi connectivity index (χ0v) is 16.6. The van der Waals surface area contributed by atoms with Gasteiger partial charge in [-0.2, -0.15) is 5.26 Å². The number of hydrogen-bond donors (Lipinski definition) is 0. The van der Waals surface area contributed by atoms with E-state index in [4.69, 9.17) is 5.26 Å². The summed E-state index contributed by atoms with van der Waals surface area (Å²) >= 11 is 0. The van der Waals surface area contributed by atoms with Crippen molar-refractivity contribution in [3.8, 4) is 17.2 Å². The number of unbranched alkanes of at least 4 members (excludes halogenated alkanes) is 5. The van der Waals surface area contributed by atoms with Gasteiger partial charge in [0.05, 0.1) is 11.6 Å². The maximum atomic E-state index is 8.94. The van der Waals surface area contributed by atoms with Crippen molar-refractivity contribution >= 4 is 0 Å². The molecule has 1 nitrogen and oxygen atoms in total. The lowest BCUT2D eigenvalue weighted by Gasteiger charge is -2.72. The number of nitriles is 1. The zero-order valence-electron chi connectivity index (χ0n) is 16.6. The molecule has 0 amide bonds. The molecule has 0 heterocycles. The second kappa shape index (κ2) is 7.51. The Morgan fingerprint density at radius 1 is 0.778 bits per heavy atom. The minimum atomic E-state index is 0.505. The van der Waals surface area contributed by atoms with E-state index in [2.05, 4.69) is 37.3 Å². The lowest BCUT2D eigenvalue weighted by Crippen LogP contribution is -2.64. The van der Waals surface area contributed by atoms with Gasteiger partial charge in [0.15, 0.2) is 0 Å².